The highest BCUT2D eigenvalue weighted by atomic mass is 15.3. The summed E-state index contributed by atoms with van der Waals surface area (Å²) >= 11 is 0. The van der Waals surface area contributed by atoms with Gasteiger partial charge in [0.05, 0.1) is 5.69 Å². The van der Waals surface area contributed by atoms with E-state index in [9.17, 15) is 0 Å². The first-order valence-electron chi connectivity index (χ1n) is 7.95. The third-order valence-corrected chi connectivity index (χ3v) is 3.91. The van der Waals surface area contributed by atoms with Gasteiger partial charge in [-0.2, -0.15) is 0 Å². The second-order valence-electron chi connectivity index (χ2n) is 5.99. The molecule has 1 N–H and O–H groups in total. The smallest absolute Gasteiger partial charge is 0.0564 e. The van der Waals surface area contributed by atoms with Gasteiger partial charge in [0.15, 0.2) is 0 Å². The summed E-state index contributed by atoms with van der Waals surface area (Å²) < 4.78 is 0. The normalized spacial score (nSPS) is 17.3. The van der Waals surface area contributed by atoms with Gasteiger partial charge in [0, 0.05) is 64.2 Å². The van der Waals surface area contributed by atoms with Crippen LogP contribution in [-0.2, 0) is 6.54 Å². The van der Waals surface area contributed by atoms with E-state index in [1.165, 1.54) is 25.3 Å². The molecule has 5 nitrogen and oxygen atoms in total. The topological polar surface area (TPSA) is 34.6 Å². The van der Waals surface area contributed by atoms with Gasteiger partial charge in [-0.25, -0.2) is 0 Å². The minimum Gasteiger partial charge on any atom is -0.385 e. The van der Waals surface area contributed by atoms with Crippen molar-refractivity contribution in [2.45, 2.75) is 13.5 Å². The van der Waals surface area contributed by atoms with E-state index in [2.05, 4.69) is 52.1 Å². The first-order valence-corrected chi connectivity index (χ1v) is 7.95. The fourth-order valence-corrected chi connectivity index (χ4v) is 2.62. The predicted molar refractivity (Wildman–Crippen MR) is 88.7 cm³/mol. The predicted octanol–water partition coefficient (Wildman–Crippen LogP) is 1.19. The molecule has 118 valence electrons. The van der Waals surface area contributed by atoms with Gasteiger partial charge in [-0.1, -0.05) is 0 Å². The van der Waals surface area contributed by atoms with Crippen molar-refractivity contribution < 1.29 is 0 Å². The van der Waals surface area contributed by atoms with E-state index in [4.69, 9.17) is 0 Å². The molecule has 1 aliphatic rings. The van der Waals surface area contributed by atoms with Crippen molar-refractivity contribution in [3.63, 3.8) is 0 Å². The molecule has 1 aliphatic heterocycles. The number of aromatic nitrogens is 1. The van der Waals surface area contributed by atoms with E-state index in [0.717, 1.165) is 38.4 Å². The first kappa shape index (κ1) is 16.2. The molecule has 1 fully saturated rings. The molecule has 0 unspecified atom stereocenters. The molecule has 1 saturated heterocycles. The lowest BCUT2D eigenvalue weighted by molar-refractivity contribution is 0.119. The number of hydrogen-bond donors (Lipinski definition) is 1. The minimum atomic E-state index is 0.952. The van der Waals surface area contributed by atoms with Crippen molar-refractivity contribution in [2.24, 2.45) is 0 Å². The Bertz CT molecular complexity index is 413. The molecular formula is C16H29N5. The molecule has 2 rings (SSSR count). The van der Waals surface area contributed by atoms with E-state index in [1.807, 2.05) is 12.3 Å². The highest BCUT2D eigenvalue weighted by molar-refractivity contribution is 5.42. The van der Waals surface area contributed by atoms with Crippen molar-refractivity contribution in [1.29, 1.82) is 0 Å². The van der Waals surface area contributed by atoms with Crippen molar-refractivity contribution in [3.05, 3.63) is 24.0 Å². The summed E-state index contributed by atoms with van der Waals surface area (Å²) in [7, 11) is 4.28. The van der Waals surface area contributed by atoms with Crippen LogP contribution in [0.2, 0.25) is 0 Å². The van der Waals surface area contributed by atoms with Crippen molar-refractivity contribution >= 4 is 5.69 Å². The Hall–Kier alpha value is -1.17. The largest absolute Gasteiger partial charge is 0.385 e. The lowest BCUT2D eigenvalue weighted by Gasteiger charge is -2.35. The number of nitrogens with zero attached hydrogens (tertiary/aromatic N) is 4. The Morgan fingerprint density at radius 1 is 1.19 bits per heavy atom. The second kappa shape index (κ2) is 8.32. The van der Waals surface area contributed by atoms with Gasteiger partial charge in [0.25, 0.3) is 0 Å². The zero-order chi connectivity index (χ0) is 15.1. The average molecular weight is 291 g/mol. The van der Waals surface area contributed by atoms with Crippen LogP contribution in [0.4, 0.5) is 5.69 Å². The molecule has 0 radical (unpaired) electrons. The van der Waals surface area contributed by atoms with E-state index >= 15 is 0 Å². The lowest BCUT2D eigenvalue weighted by Crippen LogP contribution is -2.47. The SMILES string of the molecule is CCNc1ccnc(CN2CCN(CCN(C)C)CC2)c1. The van der Waals surface area contributed by atoms with Crippen LogP contribution in [0.5, 0.6) is 0 Å². The number of rotatable bonds is 7. The van der Waals surface area contributed by atoms with Crippen LogP contribution in [0.1, 0.15) is 12.6 Å². The molecule has 0 bridgehead atoms. The van der Waals surface area contributed by atoms with E-state index in [0.29, 0.717) is 0 Å². The highest BCUT2D eigenvalue weighted by Crippen LogP contribution is 2.11. The molecule has 1 aromatic heterocycles. The van der Waals surface area contributed by atoms with Crippen LogP contribution < -0.4 is 5.32 Å². The number of piperazine rings is 1. The molecular weight excluding hydrogens is 262 g/mol. The molecule has 0 saturated carbocycles. The summed E-state index contributed by atoms with van der Waals surface area (Å²) in [6, 6.07) is 4.20. The summed E-state index contributed by atoms with van der Waals surface area (Å²) in [6.45, 7) is 11.0. The number of hydrogen-bond acceptors (Lipinski definition) is 5. The fourth-order valence-electron chi connectivity index (χ4n) is 2.62. The fraction of sp³-hybridized carbons (Fsp3) is 0.688. The molecule has 0 spiro atoms. The van der Waals surface area contributed by atoms with Gasteiger partial charge >= 0.3 is 0 Å². The molecule has 0 aliphatic carbocycles. The van der Waals surface area contributed by atoms with E-state index in [1.54, 1.807) is 0 Å². The highest BCUT2D eigenvalue weighted by Gasteiger charge is 2.17. The quantitative estimate of drug-likeness (QED) is 0.816. The summed E-state index contributed by atoms with van der Waals surface area (Å²) in [5, 5.41) is 3.35. The van der Waals surface area contributed by atoms with Gasteiger partial charge < -0.3 is 10.2 Å². The van der Waals surface area contributed by atoms with Crippen LogP contribution >= 0.6 is 0 Å². The van der Waals surface area contributed by atoms with Crippen LogP contribution in [0.3, 0.4) is 0 Å². The molecule has 0 atom stereocenters. The second-order valence-corrected chi connectivity index (χ2v) is 5.99. The zero-order valence-corrected chi connectivity index (χ0v) is 13.7. The number of pyridine rings is 1. The number of nitrogens with one attached hydrogen (secondary N) is 1. The standard InChI is InChI=1S/C16H29N5/c1-4-17-15-5-6-18-16(13-15)14-21-11-9-20(10-12-21)8-7-19(2)3/h5-6,13H,4,7-12,14H2,1-3H3,(H,17,18). The maximum atomic E-state index is 4.49. The molecule has 2 heterocycles. The Morgan fingerprint density at radius 3 is 2.57 bits per heavy atom. The summed E-state index contributed by atoms with van der Waals surface area (Å²) in [4.78, 5) is 11.8. The monoisotopic (exact) mass is 291 g/mol. The molecule has 5 heteroatoms. The lowest BCUT2D eigenvalue weighted by atomic mass is 10.2. The molecule has 0 aromatic carbocycles. The Morgan fingerprint density at radius 2 is 1.90 bits per heavy atom. The zero-order valence-electron chi connectivity index (χ0n) is 13.7. The number of anilines is 1. The third-order valence-electron chi connectivity index (χ3n) is 3.91. The Kier molecular flexibility index (Phi) is 6.42. The van der Waals surface area contributed by atoms with E-state index in [-0.39, 0.29) is 0 Å². The Balaban J connectivity index is 1.76. The molecule has 1 aromatic rings. The minimum absolute atomic E-state index is 0.952. The van der Waals surface area contributed by atoms with Crippen LogP contribution in [0.15, 0.2) is 18.3 Å². The van der Waals surface area contributed by atoms with Crippen LogP contribution in [0, 0.1) is 0 Å². The van der Waals surface area contributed by atoms with Gasteiger partial charge in [0.1, 0.15) is 0 Å². The Labute approximate surface area is 128 Å². The van der Waals surface area contributed by atoms with Crippen molar-refractivity contribution in [1.82, 2.24) is 19.7 Å². The van der Waals surface area contributed by atoms with E-state index < -0.39 is 0 Å². The maximum absolute atomic E-state index is 4.49. The van der Waals surface area contributed by atoms with Gasteiger partial charge in [-0.3, -0.25) is 14.8 Å². The van der Waals surface area contributed by atoms with Crippen molar-refractivity contribution in [2.75, 3.05) is 65.2 Å². The van der Waals surface area contributed by atoms with Crippen LogP contribution in [-0.4, -0.2) is 79.6 Å². The van der Waals surface area contributed by atoms with Gasteiger partial charge in [-0.15, -0.1) is 0 Å². The van der Waals surface area contributed by atoms with Gasteiger partial charge in [-0.05, 0) is 33.2 Å². The third kappa shape index (κ3) is 5.61. The molecule has 0 amide bonds. The summed E-state index contributed by atoms with van der Waals surface area (Å²) in [5.41, 5.74) is 2.34. The van der Waals surface area contributed by atoms with Crippen molar-refractivity contribution in [3.8, 4) is 0 Å². The van der Waals surface area contributed by atoms with Gasteiger partial charge in [0.2, 0.25) is 0 Å². The average Bonchev–Trinajstić information content (AvgIpc) is 2.47. The summed E-state index contributed by atoms with van der Waals surface area (Å²) in [6.07, 6.45) is 1.90. The maximum Gasteiger partial charge on any atom is 0.0564 e. The number of likely N-dealkylation sites (N-methyl/N-ethyl adjacent to an activating group) is 1. The summed E-state index contributed by atoms with van der Waals surface area (Å²) in [5.74, 6) is 0. The first-order chi connectivity index (χ1) is 10.2. The van der Waals surface area contributed by atoms with Crippen LogP contribution in [0.25, 0.3) is 0 Å². The molecule has 21 heavy (non-hydrogen) atoms.